The molecule has 1 saturated heterocycles. The summed E-state index contributed by atoms with van der Waals surface area (Å²) in [5, 5.41) is 18.7. The number of hydrogen-bond acceptors (Lipinski definition) is 3. The summed E-state index contributed by atoms with van der Waals surface area (Å²) in [5.74, 6) is 0.621. The van der Waals surface area contributed by atoms with Gasteiger partial charge in [-0.3, -0.25) is 0 Å². The van der Waals surface area contributed by atoms with Crippen LogP contribution in [0.4, 0.5) is 5.69 Å². The standard InChI is InChI=1S/C15H23NO2/c1-2-15(18)13-3-5-14(6-4-13)16-9-7-12(11-16)8-10-17/h3-6,12,15,17-18H,2,7-11H2,1H3/t12?,15-/m1/s1. The van der Waals surface area contributed by atoms with Gasteiger partial charge in [0, 0.05) is 25.4 Å². The zero-order chi connectivity index (χ0) is 13.0. The van der Waals surface area contributed by atoms with Crippen LogP contribution in [0.15, 0.2) is 24.3 Å². The summed E-state index contributed by atoms with van der Waals surface area (Å²) in [7, 11) is 0. The topological polar surface area (TPSA) is 43.7 Å². The molecule has 1 aromatic carbocycles. The van der Waals surface area contributed by atoms with Gasteiger partial charge in [0.25, 0.3) is 0 Å². The lowest BCUT2D eigenvalue weighted by atomic mass is 10.1. The Bertz CT molecular complexity index is 363. The van der Waals surface area contributed by atoms with E-state index in [1.807, 2.05) is 19.1 Å². The lowest BCUT2D eigenvalue weighted by Gasteiger charge is -2.19. The van der Waals surface area contributed by atoms with Crippen molar-refractivity contribution in [2.75, 3.05) is 24.6 Å². The second kappa shape index (κ2) is 6.21. The van der Waals surface area contributed by atoms with Crippen molar-refractivity contribution >= 4 is 5.69 Å². The van der Waals surface area contributed by atoms with E-state index < -0.39 is 0 Å². The first-order valence-electron chi connectivity index (χ1n) is 6.88. The fourth-order valence-electron chi connectivity index (χ4n) is 2.63. The summed E-state index contributed by atoms with van der Waals surface area (Å²) in [5.41, 5.74) is 2.22. The molecule has 0 aliphatic carbocycles. The van der Waals surface area contributed by atoms with E-state index in [0.717, 1.165) is 31.5 Å². The molecule has 3 nitrogen and oxygen atoms in total. The normalized spacial score (nSPS) is 21.3. The highest BCUT2D eigenvalue weighted by atomic mass is 16.3. The Kier molecular flexibility index (Phi) is 4.61. The average molecular weight is 249 g/mol. The third kappa shape index (κ3) is 3.03. The number of aliphatic hydroxyl groups is 2. The molecule has 0 aromatic heterocycles. The smallest absolute Gasteiger partial charge is 0.0787 e. The van der Waals surface area contributed by atoms with E-state index in [1.54, 1.807) is 0 Å². The molecule has 0 radical (unpaired) electrons. The van der Waals surface area contributed by atoms with Crippen molar-refractivity contribution in [3.63, 3.8) is 0 Å². The summed E-state index contributed by atoms with van der Waals surface area (Å²) >= 11 is 0. The minimum Gasteiger partial charge on any atom is -0.396 e. The molecule has 2 atom stereocenters. The second-order valence-electron chi connectivity index (χ2n) is 5.13. The Morgan fingerprint density at radius 3 is 2.67 bits per heavy atom. The lowest BCUT2D eigenvalue weighted by molar-refractivity contribution is 0.173. The van der Waals surface area contributed by atoms with Gasteiger partial charge in [-0.25, -0.2) is 0 Å². The first-order chi connectivity index (χ1) is 8.74. The number of rotatable bonds is 5. The molecule has 0 amide bonds. The lowest BCUT2D eigenvalue weighted by Crippen LogP contribution is -2.19. The van der Waals surface area contributed by atoms with E-state index >= 15 is 0 Å². The first-order valence-corrected chi connectivity index (χ1v) is 6.88. The molecule has 0 spiro atoms. The summed E-state index contributed by atoms with van der Waals surface area (Å²) in [6.07, 6.45) is 2.48. The van der Waals surface area contributed by atoms with Crippen molar-refractivity contribution in [3.8, 4) is 0 Å². The number of nitrogens with zero attached hydrogens (tertiary/aromatic N) is 1. The molecule has 2 rings (SSSR count). The molecule has 1 aliphatic heterocycles. The van der Waals surface area contributed by atoms with Crippen molar-refractivity contribution in [1.29, 1.82) is 0 Å². The highest BCUT2D eigenvalue weighted by molar-refractivity contribution is 5.48. The molecule has 100 valence electrons. The third-order valence-corrected chi connectivity index (χ3v) is 3.85. The highest BCUT2D eigenvalue weighted by Crippen LogP contribution is 2.27. The molecule has 1 unspecified atom stereocenters. The van der Waals surface area contributed by atoms with Crippen LogP contribution >= 0.6 is 0 Å². The van der Waals surface area contributed by atoms with Gasteiger partial charge < -0.3 is 15.1 Å². The van der Waals surface area contributed by atoms with Crippen molar-refractivity contribution < 1.29 is 10.2 Å². The maximum atomic E-state index is 9.76. The van der Waals surface area contributed by atoms with Gasteiger partial charge >= 0.3 is 0 Å². The zero-order valence-corrected chi connectivity index (χ0v) is 11.0. The molecule has 0 bridgehead atoms. The van der Waals surface area contributed by atoms with Crippen LogP contribution in [0, 0.1) is 5.92 Å². The number of aliphatic hydroxyl groups excluding tert-OH is 2. The molecule has 0 saturated carbocycles. The maximum Gasteiger partial charge on any atom is 0.0787 e. The van der Waals surface area contributed by atoms with Crippen LogP contribution in [0.1, 0.15) is 37.9 Å². The molecular weight excluding hydrogens is 226 g/mol. The summed E-state index contributed by atoms with van der Waals surface area (Å²) < 4.78 is 0. The van der Waals surface area contributed by atoms with Gasteiger partial charge in [0.1, 0.15) is 0 Å². The van der Waals surface area contributed by atoms with Gasteiger partial charge in [-0.1, -0.05) is 19.1 Å². The predicted octanol–water partition coefficient (Wildman–Crippen LogP) is 2.34. The Morgan fingerprint density at radius 2 is 2.06 bits per heavy atom. The quantitative estimate of drug-likeness (QED) is 0.842. The Hall–Kier alpha value is -1.06. The average Bonchev–Trinajstić information content (AvgIpc) is 2.87. The van der Waals surface area contributed by atoms with Gasteiger partial charge in [0.2, 0.25) is 0 Å². The third-order valence-electron chi connectivity index (χ3n) is 3.85. The monoisotopic (exact) mass is 249 g/mol. The molecule has 2 N–H and O–H groups in total. The minimum absolute atomic E-state index is 0.292. The van der Waals surface area contributed by atoms with Crippen molar-refractivity contribution in [2.45, 2.75) is 32.3 Å². The molecular formula is C15H23NO2. The molecule has 1 aliphatic rings. The Morgan fingerprint density at radius 1 is 1.33 bits per heavy atom. The van der Waals surface area contributed by atoms with Crippen LogP contribution in [0.3, 0.4) is 0 Å². The molecule has 1 fully saturated rings. The van der Waals surface area contributed by atoms with Crippen LogP contribution < -0.4 is 4.90 Å². The zero-order valence-electron chi connectivity index (χ0n) is 11.0. The van der Waals surface area contributed by atoms with Crippen LogP contribution in [0.25, 0.3) is 0 Å². The van der Waals surface area contributed by atoms with Crippen molar-refractivity contribution in [1.82, 2.24) is 0 Å². The number of hydrogen-bond donors (Lipinski definition) is 2. The second-order valence-corrected chi connectivity index (χ2v) is 5.13. The van der Waals surface area contributed by atoms with Crippen LogP contribution in [-0.2, 0) is 0 Å². The number of benzene rings is 1. The fourth-order valence-corrected chi connectivity index (χ4v) is 2.63. The van der Waals surface area contributed by atoms with Gasteiger partial charge in [-0.2, -0.15) is 0 Å². The first kappa shape index (κ1) is 13.4. The Balaban J connectivity index is 1.98. The van der Waals surface area contributed by atoms with E-state index in [0.29, 0.717) is 12.5 Å². The molecule has 18 heavy (non-hydrogen) atoms. The maximum absolute atomic E-state index is 9.76. The van der Waals surface area contributed by atoms with Crippen LogP contribution in [-0.4, -0.2) is 29.9 Å². The van der Waals surface area contributed by atoms with Crippen molar-refractivity contribution in [3.05, 3.63) is 29.8 Å². The molecule has 1 heterocycles. The van der Waals surface area contributed by atoms with E-state index in [2.05, 4.69) is 17.0 Å². The predicted molar refractivity (Wildman–Crippen MR) is 73.7 cm³/mol. The van der Waals surface area contributed by atoms with Crippen LogP contribution in [0.5, 0.6) is 0 Å². The molecule has 1 aromatic rings. The minimum atomic E-state index is -0.347. The fraction of sp³-hybridized carbons (Fsp3) is 0.600. The Labute approximate surface area is 109 Å². The van der Waals surface area contributed by atoms with E-state index in [9.17, 15) is 5.11 Å². The largest absolute Gasteiger partial charge is 0.396 e. The summed E-state index contributed by atoms with van der Waals surface area (Å²) in [6, 6.07) is 8.22. The van der Waals surface area contributed by atoms with E-state index in [4.69, 9.17) is 5.11 Å². The van der Waals surface area contributed by atoms with Crippen LogP contribution in [0.2, 0.25) is 0 Å². The summed E-state index contributed by atoms with van der Waals surface area (Å²) in [6.45, 7) is 4.38. The number of anilines is 1. The van der Waals surface area contributed by atoms with Crippen molar-refractivity contribution in [2.24, 2.45) is 5.92 Å². The highest BCUT2D eigenvalue weighted by Gasteiger charge is 2.22. The van der Waals surface area contributed by atoms with E-state index in [-0.39, 0.29) is 6.10 Å². The van der Waals surface area contributed by atoms with Gasteiger partial charge in [0.05, 0.1) is 6.10 Å². The molecule has 3 heteroatoms. The SMILES string of the molecule is CC[C@@H](O)c1ccc(N2CCC(CCO)C2)cc1. The van der Waals surface area contributed by atoms with E-state index in [1.165, 1.54) is 12.1 Å². The van der Waals surface area contributed by atoms with Gasteiger partial charge in [-0.05, 0) is 42.9 Å². The van der Waals surface area contributed by atoms with Gasteiger partial charge in [0.15, 0.2) is 0 Å². The van der Waals surface area contributed by atoms with Gasteiger partial charge in [-0.15, -0.1) is 0 Å². The summed E-state index contributed by atoms with van der Waals surface area (Å²) in [4.78, 5) is 2.36.